The van der Waals surface area contributed by atoms with E-state index in [1.54, 1.807) is 18.2 Å². The van der Waals surface area contributed by atoms with E-state index >= 15 is 0 Å². The third-order valence-electron chi connectivity index (χ3n) is 2.52. The molecule has 0 saturated carbocycles. The van der Waals surface area contributed by atoms with Crippen LogP contribution in [0.4, 0.5) is 15.2 Å². The summed E-state index contributed by atoms with van der Waals surface area (Å²) in [5.41, 5.74) is 1.24. The summed E-state index contributed by atoms with van der Waals surface area (Å²) in [6.07, 6.45) is 0. The summed E-state index contributed by atoms with van der Waals surface area (Å²) < 4.78 is 15.4. The maximum absolute atomic E-state index is 13.7. The second-order valence-corrected chi connectivity index (χ2v) is 6.26. The van der Waals surface area contributed by atoms with Crippen LogP contribution in [0.2, 0.25) is 5.02 Å². The van der Waals surface area contributed by atoms with Gasteiger partial charge in [0.05, 0.1) is 15.9 Å². The lowest BCUT2D eigenvalue weighted by atomic mass is 10.3. The SMILES string of the molecule is Fc1cc(Br)ccc1Nc1nc2ccc(Cl)cc2s1. The highest BCUT2D eigenvalue weighted by Crippen LogP contribution is 2.31. The molecule has 0 atom stereocenters. The van der Waals surface area contributed by atoms with E-state index in [0.29, 0.717) is 20.3 Å². The monoisotopic (exact) mass is 356 g/mol. The van der Waals surface area contributed by atoms with Crippen molar-refractivity contribution in [1.82, 2.24) is 4.98 Å². The molecule has 3 rings (SSSR count). The maximum Gasteiger partial charge on any atom is 0.188 e. The predicted molar refractivity (Wildman–Crippen MR) is 82.0 cm³/mol. The summed E-state index contributed by atoms with van der Waals surface area (Å²) in [5, 5.41) is 4.28. The number of aromatic nitrogens is 1. The highest BCUT2D eigenvalue weighted by molar-refractivity contribution is 9.10. The van der Waals surface area contributed by atoms with Crippen LogP contribution in [0.3, 0.4) is 0 Å². The second-order valence-electron chi connectivity index (χ2n) is 3.88. The van der Waals surface area contributed by atoms with Crippen molar-refractivity contribution in [3.05, 3.63) is 51.7 Å². The van der Waals surface area contributed by atoms with Gasteiger partial charge in [-0.2, -0.15) is 0 Å². The van der Waals surface area contributed by atoms with Gasteiger partial charge in [0.15, 0.2) is 5.13 Å². The lowest BCUT2D eigenvalue weighted by Gasteiger charge is -2.03. The van der Waals surface area contributed by atoms with Crippen LogP contribution in [0.25, 0.3) is 10.2 Å². The number of anilines is 2. The molecule has 0 fully saturated rings. The van der Waals surface area contributed by atoms with Gasteiger partial charge in [0.2, 0.25) is 0 Å². The first-order valence-electron chi connectivity index (χ1n) is 5.40. The quantitative estimate of drug-likeness (QED) is 0.646. The minimum absolute atomic E-state index is 0.327. The molecule has 19 heavy (non-hydrogen) atoms. The lowest BCUT2D eigenvalue weighted by Crippen LogP contribution is -1.92. The molecule has 1 aromatic heterocycles. The Morgan fingerprint density at radius 2 is 2.05 bits per heavy atom. The molecule has 0 aliphatic carbocycles. The molecule has 1 heterocycles. The van der Waals surface area contributed by atoms with Crippen LogP contribution >= 0.6 is 38.9 Å². The summed E-state index contributed by atoms with van der Waals surface area (Å²) in [7, 11) is 0. The molecule has 0 bridgehead atoms. The number of benzene rings is 2. The Morgan fingerprint density at radius 3 is 2.84 bits per heavy atom. The molecule has 96 valence electrons. The van der Waals surface area contributed by atoms with Crippen LogP contribution in [0.1, 0.15) is 0 Å². The van der Waals surface area contributed by atoms with Crippen molar-refractivity contribution in [1.29, 1.82) is 0 Å². The van der Waals surface area contributed by atoms with E-state index in [1.807, 2.05) is 12.1 Å². The second kappa shape index (κ2) is 5.07. The van der Waals surface area contributed by atoms with Crippen LogP contribution in [-0.4, -0.2) is 4.98 Å². The standard InChI is InChI=1S/C13H7BrClFN2S/c14-7-1-3-10(9(16)5-7)17-13-18-11-4-2-8(15)6-12(11)19-13/h1-6H,(H,17,18). The first-order valence-corrected chi connectivity index (χ1v) is 7.39. The zero-order valence-electron chi connectivity index (χ0n) is 9.45. The predicted octanol–water partition coefficient (Wildman–Crippen LogP) is 5.59. The van der Waals surface area contributed by atoms with Crippen molar-refractivity contribution in [3.8, 4) is 0 Å². The minimum Gasteiger partial charge on any atom is -0.329 e. The molecule has 0 aliphatic heterocycles. The Morgan fingerprint density at radius 1 is 1.21 bits per heavy atom. The number of hydrogen-bond donors (Lipinski definition) is 1. The van der Waals surface area contributed by atoms with Crippen molar-refractivity contribution in [3.63, 3.8) is 0 Å². The molecule has 0 spiro atoms. The van der Waals surface area contributed by atoms with E-state index in [1.165, 1.54) is 17.4 Å². The number of fused-ring (bicyclic) bond motifs is 1. The molecule has 0 radical (unpaired) electrons. The fourth-order valence-corrected chi connectivity index (χ4v) is 3.15. The fourth-order valence-electron chi connectivity index (χ4n) is 1.66. The largest absolute Gasteiger partial charge is 0.329 e. The summed E-state index contributed by atoms with van der Waals surface area (Å²) in [5.74, 6) is -0.327. The van der Waals surface area contributed by atoms with Gasteiger partial charge < -0.3 is 5.32 Å². The highest BCUT2D eigenvalue weighted by Gasteiger charge is 2.07. The summed E-state index contributed by atoms with van der Waals surface area (Å²) >= 11 is 10.6. The molecule has 0 saturated heterocycles. The average Bonchev–Trinajstić information content (AvgIpc) is 2.74. The Kier molecular flexibility index (Phi) is 3.43. The number of halogens is 3. The normalized spacial score (nSPS) is 10.9. The van der Waals surface area contributed by atoms with Crippen molar-refractivity contribution < 1.29 is 4.39 Å². The maximum atomic E-state index is 13.7. The number of hydrogen-bond acceptors (Lipinski definition) is 3. The third-order valence-corrected chi connectivity index (χ3v) is 4.19. The Labute approximate surface area is 126 Å². The van der Waals surface area contributed by atoms with Crippen molar-refractivity contribution in [2.75, 3.05) is 5.32 Å². The van der Waals surface area contributed by atoms with E-state index in [-0.39, 0.29) is 5.82 Å². The lowest BCUT2D eigenvalue weighted by molar-refractivity contribution is 0.631. The smallest absolute Gasteiger partial charge is 0.188 e. The molecule has 0 amide bonds. The van der Waals surface area contributed by atoms with E-state index in [2.05, 4.69) is 26.2 Å². The fraction of sp³-hybridized carbons (Fsp3) is 0. The zero-order chi connectivity index (χ0) is 13.4. The van der Waals surface area contributed by atoms with Crippen LogP contribution < -0.4 is 5.32 Å². The van der Waals surface area contributed by atoms with E-state index in [0.717, 1.165) is 10.2 Å². The highest BCUT2D eigenvalue weighted by atomic mass is 79.9. The third kappa shape index (κ3) is 2.73. The van der Waals surface area contributed by atoms with Gasteiger partial charge in [-0.3, -0.25) is 0 Å². The molecular weight excluding hydrogens is 351 g/mol. The first-order chi connectivity index (χ1) is 9.11. The van der Waals surface area contributed by atoms with Gasteiger partial charge in [0, 0.05) is 9.50 Å². The molecular formula is C13H7BrClFN2S. The molecule has 3 aromatic rings. The van der Waals surface area contributed by atoms with Gasteiger partial charge in [0.25, 0.3) is 0 Å². The van der Waals surface area contributed by atoms with Crippen molar-refractivity contribution >= 4 is 59.9 Å². The summed E-state index contributed by atoms with van der Waals surface area (Å²) in [6, 6.07) is 10.3. The van der Waals surface area contributed by atoms with E-state index in [9.17, 15) is 4.39 Å². The van der Waals surface area contributed by atoms with Crippen LogP contribution in [-0.2, 0) is 0 Å². The molecule has 1 N–H and O–H groups in total. The molecule has 0 unspecified atom stereocenters. The van der Waals surface area contributed by atoms with Crippen LogP contribution in [0.5, 0.6) is 0 Å². The van der Waals surface area contributed by atoms with E-state index < -0.39 is 0 Å². The van der Waals surface area contributed by atoms with Crippen molar-refractivity contribution in [2.24, 2.45) is 0 Å². The number of rotatable bonds is 2. The molecule has 0 aliphatic rings. The number of nitrogens with one attached hydrogen (secondary N) is 1. The van der Waals surface area contributed by atoms with Gasteiger partial charge in [0.1, 0.15) is 5.82 Å². The van der Waals surface area contributed by atoms with Crippen LogP contribution in [0.15, 0.2) is 40.9 Å². The first kappa shape index (κ1) is 12.8. The Hall–Kier alpha value is -1.17. The summed E-state index contributed by atoms with van der Waals surface area (Å²) in [6.45, 7) is 0. The molecule has 6 heteroatoms. The number of thiazole rings is 1. The molecule has 2 nitrogen and oxygen atoms in total. The van der Waals surface area contributed by atoms with Crippen LogP contribution in [0, 0.1) is 5.82 Å². The Balaban J connectivity index is 1.96. The zero-order valence-corrected chi connectivity index (χ0v) is 12.6. The van der Waals surface area contributed by atoms with Gasteiger partial charge >= 0.3 is 0 Å². The Bertz CT molecular complexity index is 759. The van der Waals surface area contributed by atoms with Crippen molar-refractivity contribution in [2.45, 2.75) is 0 Å². The average molecular weight is 358 g/mol. The van der Waals surface area contributed by atoms with E-state index in [4.69, 9.17) is 11.6 Å². The van der Waals surface area contributed by atoms with Gasteiger partial charge in [-0.25, -0.2) is 9.37 Å². The van der Waals surface area contributed by atoms with Gasteiger partial charge in [-0.1, -0.05) is 38.9 Å². The van der Waals surface area contributed by atoms with Gasteiger partial charge in [-0.05, 0) is 36.4 Å². The topological polar surface area (TPSA) is 24.9 Å². The molecule has 2 aromatic carbocycles. The number of nitrogens with zero attached hydrogens (tertiary/aromatic N) is 1. The summed E-state index contributed by atoms with van der Waals surface area (Å²) in [4.78, 5) is 4.38. The van der Waals surface area contributed by atoms with Gasteiger partial charge in [-0.15, -0.1) is 0 Å². The minimum atomic E-state index is -0.327.